The molecular weight excluding hydrogens is 236 g/mol. The fourth-order valence-electron chi connectivity index (χ4n) is 2.03. The number of fused-ring (bicyclic) bond motifs is 1. The van der Waals surface area contributed by atoms with E-state index in [1.807, 2.05) is 44.6 Å². The van der Waals surface area contributed by atoms with Crippen LogP contribution in [-0.2, 0) is 0 Å². The van der Waals surface area contributed by atoms with Crippen LogP contribution in [0.5, 0.6) is 0 Å². The average molecular weight is 254 g/mol. The van der Waals surface area contributed by atoms with Crippen LogP contribution >= 0.6 is 0 Å². The molecule has 0 saturated heterocycles. The standard InChI is InChI=1S/C15H18N4/c1-19(2)8-7-18-15(9-16)14-11-17-10-12-5-3-4-6-13(12)14/h3-6,10-11,15,18H,7-8H2,1-2H3. The Morgan fingerprint density at radius 1 is 1.32 bits per heavy atom. The number of nitrogens with zero attached hydrogens (tertiary/aromatic N) is 3. The lowest BCUT2D eigenvalue weighted by Gasteiger charge is -2.15. The lowest BCUT2D eigenvalue weighted by atomic mass is 10.0. The van der Waals surface area contributed by atoms with Gasteiger partial charge in [0.1, 0.15) is 6.04 Å². The van der Waals surface area contributed by atoms with E-state index in [1.54, 1.807) is 6.20 Å². The van der Waals surface area contributed by atoms with Gasteiger partial charge in [-0.25, -0.2) is 0 Å². The van der Waals surface area contributed by atoms with E-state index in [4.69, 9.17) is 0 Å². The molecule has 4 nitrogen and oxygen atoms in total. The number of pyridine rings is 1. The third-order valence-corrected chi connectivity index (χ3v) is 3.05. The molecule has 1 heterocycles. The van der Waals surface area contributed by atoms with Crippen LogP contribution in [0, 0.1) is 11.3 Å². The summed E-state index contributed by atoms with van der Waals surface area (Å²) in [6.07, 6.45) is 3.60. The molecule has 0 aliphatic rings. The molecule has 0 fully saturated rings. The molecule has 0 aliphatic carbocycles. The predicted octanol–water partition coefficient (Wildman–Crippen LogP) is 1.95. The normalized spacial score (nSPS) is 12.5. The number of benzene rings is 1. The second-order valence-electron chi connectivity index (χ2n) is 4.77. The zero-order valence-electron chi connectivity index (χ0n) is 11.3. The Morgan fingerprint density at radius 3 is 2.84 bits per heavy atom. The van der Waals surface area contributed by atoms with Gasteiger partial charge in [0.05, 0.1) is 6.07 Å². The first-order chi connectivity index (χ1) is 9.22. The second kappa shape index (κ2) is 6.28. The number of hydrogen-bond donors (Lipinski definition) is 1. The summed E-state index contributed by atoms with van der Waals surface area (Å²) < 4.78 is 0. The minimum atomic E-state index is -0.321. The van der Waals surface area contributed by atoms with Gasteiger partial charge < -0.3 is 4.90 Å². The number of likely N-dealkylation sites (N-methyl/N-ethyl adjacent to an activating group) is 1. The van der Waals surface area contributed by atoms with Crippen molar-refractivity contribution in [2.45, 2.75) is 6.04 Å². The second-order valence-corrected chi connectivity index (χ2v) is 4.77. The number of hydrogen-bond acceptors (Lipinski definition) is 4. The monoisotopic (exact) mass is 254 g/mol. The summed E-state index contributed by atoms with van der Waals surface area (Å²) in [7, 11) is 4.03. The maximum Gasteiger partial charge on any atom is 0.123 e. The topological polar surface area (TPSA) is 52.0 Å². The van der Waals surface area contributed by atoms with Crippen molar-refractivity contribution in [1.82, 2.24) is 15.2 Å². The van der Waals surface area contributed by atoms with Crippen LogP contribution < -0.4 is 5.32 Å². The van der Waals surface area contributed by atoms with Crippen molar-refractivity contribution in [3.8, 4) is 6.07 Å². The van der Waals surface area contributed by atoms with Gasteiger partial charge in [-0.3, -0.25) is 10.3 Å². The highest BCUT2D eigenvalue weighted by atomic mass is 15.1. The Hall–Kier alpha value is -1.96. The van der Waals surface area contributed by atoms with E-state index in [1.165, 1.54) is 0 Å². The molecule has 1 aromatic carbocycles. The van der Waals surface area contributed by atoms with Gasteiger partial charge >= 0.3 is 0 Å². The minimum absolute atomic E-state index is 0.321. The molecule has 0 amide bonds. The van der Waals surface area contributed by atoms with Crippen molar-refractivity contribution < 1.29 is 0 Å². The Bertz CT molecular complexity index is 581. The SMILES string of the molecule is CN(C)CCNC(C#N)c1cncc2ccccc12. The smallest absolute Gasteiger partial charge is 0.123 e. The Balaban J connectivity index is 2.24. The van der Waals surface area contributed by atoms with Gasteiger partial charge in [-0.1, -0.05) is 24.3 Å². The molecule has 0 saturated carbocycles. The van der Waals surface area contributed by atoms with E-state index >= 15 is 0 Å². The largest absolute Gasteiger partial charge is 0.308 e. The van der Waals surface area contributed by atoms with Gasteiger partial charge in [0, 0.05) is 36.4 Å². The molecule has 1 unspecified atom stereocenters. The summed E-state index contributed by atoms with van der Waals surface area (Å²) >= 11 is 0. The van der Waals surface area contributed by atoms with Crippen molar-refractivity contribution in [2.24, 2.45) is 0 Å². The predicted molar refractivity (Wildman–Crippen MR) is 76.7 cm³/mol. The van der Waals surface area contributed by atoms with E-state index in [-0.39, 0.29) is 6.04 Å². The van der Waals surface area contributed by atoms with Crippen LogP contribution in [0.1, 0.15) is 11.6 Å². The number of rotatable bonds is 5. The van der Waals surface area contributed by atoms with Gasteiger partial charge in [0.25, 0.3) is 0 Å². The van der Waals surface area contributed by atoms with Crippen molar-refractivity contribution in [3.63, 3.8) is 0 Å². The maximum absolute atomic E-state index is 9.35. The molecule has 1 atom stereocenters. The first-order valence-corrected chi connectivity index (χ1v) is 6.32. The Labute approximate surface area is 113 Å². The average Bonchev–Trinajstić information content (AvgIpc) is 2.43. The molecule has 1 N–H and O–H groups in total. The highest BCUT2D eigenvalue weighted by molar-refractivity contribution is 5.85. The molecule has 1 aromatic heterocycles. The summed E-state index contributed by atoms with van der Waals surface area (Å²) in [4.78, 5) is 6.31. The molecule has 0 radical (unpaired) electrons. The van der Waals surface area contributed by atoms with E-state index < -0.39 is 0 Å². The van der Waals surface area contributed by atoms with E-state index in [0.29, 0.717) is 0 Å². The summed E-state index contributed by atoms with van der Waals surface area (Å²) in [5.74, 6) is 0. The third-order valence-electron chi connectivity index (χ3n) is 3.05. The van der Waals surface area contributed by atoms with E-state index in [0.717, 1.165) is 29.4 Å². The minimum Gasteiger partial charge on any atom is -0.308 e. The first-order valence-electron chi connectivity index (χ1n) is 6.32. The van der Waals surface area contributed by atoms with Gasteiger partial charge in [0.2, 0.25) is 0 Å². The molecular formula is C15H18N4. The Morgan fingerprint density at radius 2 is 2.11 bits per heavy atom. The molecule has 2 rings (SSSR count). The number of nitrogens with one attached hydrogen (secondary N) is 1. The molecule has 19 heavy (non-hydrogen) atoms. The van der Waals surface area contributed by atoms with Crippen LogP contribution in [0.25, 0.3) is 10.8 Å². The molecule has 98 valence electrons. The van der Waals surface area contributed by atoms with Gasteiger partial charge in [0.15, 0.2) is 0 Å². The quantitative estimate of drug-likeness (QED) is 0.886. The highest BCUT2D eigenvalue weighted by Crippen LogP contribution is 2.22. The van der Waals surface area contributed by atoms with Gasteiger partial charge in [-0.05, 0) is 19.5 Å². The third kappa shape index (κ3) is 3.28. The van der Waals surface area contributed by atoms with Crippen LogP contribution in [0.15, 0.2) is 36.7 Å². The van der Waals surface area contributed by atoms with Crippen molar-refractivity contribution in [2.75, 3.05) is 27.2 Å². The number of nitriles is 1. The zero-order valence-corrected chi connectivity index (χ0v) is 11.3. The van der Waals surface area contributed by atoms with Gasteiger partial charge in [-0.15, -0.1) is 0 Å². The van der Waals surface area contributed by atoms with Crippen LogP contribution in [0.3, 0.4) is 0 Å². The van der Waals surface area contributed by atoms with E-state index in [9.17, 15) is 5.26 Å². The lowest BCUT2D eigenvalue weighted by molar-refractivity contribution is 0.395. The fourth-order valence-corrected chi connectivity index (χ4v) is 2.03. The maximum atomic E-state index is 9.35. The van der Waals surface area contributed by atoms with Crippen LogP contribution in [-0.4, -0.2) is 37.1 Å². The summed E-state index contributed by atoms with van der Waals surface area (Å²) in [5.41, 5.74) is 0.944. The molecule has 0 spiro atoms. The Kier molecular flexibility index (Phi) is 4.45. The molecule has 4 heteroatoms. The summed E-state index contributed by atoms with van der Waals surface area (Å²) in [5, 5.41) is 14.8. The van der Waals surface area contributed by atoms with Crippen molar-refractivity contribution in [3.05, 3.63) is 42.2 Å². The molecule has 0 aliphatic heterocycles. The number of aromatic nitrogens is 1. The first kappa shape index (κ1) is 13.5. The summed E-state index contributed by atoms with van der Waals surface area (Å²) in [6.45, 7) is 1.67. The van der Waals surface area contributed by atoms with Crippen molar-refractivity contribution in [1.29, 1.82) is 5.26 Å². The molecule has 0 bridgehead atoms. The lowest BCUT2D eigenvalue weighted by Crippen LogP contribution is -2.29. The zero-order chi connectivity index (χ0) is 13.7. The van der Waals surface area contributed by atoms with Crippen LogP contribution in [0.4, 0.5) is 0 Å². The highest BCUT2D eigenvalue weighted by Gasteiger charge is 2.13. The van der Waals surface area contributed by atoms with E-state index in [2.05, 4.69) is 21.3 Å². The van der Waals surface area contributed by atoms with Gasteiger partial charge in [-0.2, -0.15) is 5.26 Å². The fraction of sp³-hybridized carbons (Fsp3) is 0.333. The van der Waals surface area contributed by atoms with Crippen LogP contribution in [0.2, 0.25) is 0 Å². The van der Waals surface area contributed by atoms with Crippen molar-refractivity contribution >= 4 is 10.8 Å². The molecule has 2 aromatic rings. The summed E-state index contributed by atoms with van der Waals surface area (Å²) in [6, 6.07) is 10.0.